The number of carbonyl (C=O) groups is 1. The van der Waals surface area contributed by atoms with Crippen LogP contribution >= 0.6 is 0 Å². The van der Waals surface area contributed by atoms with E-state index in [9.17, 15) is 18.0 Å². The third kappa shape index (κ3) is 5.36. The van der Waals surface area contributed by atoms with Crippen molar-refractivity contribution < 1.29 is 32.6 Å². The number of aliphatic carboxylic acids is 1. The highest BCUT2D eigenvalue weighted by molar-refractivity contribution is 5.98. The zero-order chi connectivity index (χ0) is 25.4. The lowest BCUT2D eigenvalue weighted by Crippen LogP contribution is -2.51. The molecule has 1 saturated heterocycles. The van der Waals surface area contributed by atoms with Gasteiger partial charge in [-0.15, -0.1) is 0 Å². The quantitative estimate of drug-likeness (QED) is 0.365. The zero-order valence-electron chi connectivity index (χ0n) is 20.1. The highest BCUT2D eigenvalue weighted by Crippen LogP contribution is 2.40. The number of carboxylic acid groups (broad SMARTS) is 1. The molecule has 9 heteroatoms. The number of nitrogens with zero attached hydrogens (tertiary/aromatic N) is 2. The Labute approximate surface area is 207 Å². The van der Waals surface area contributed by atoms with Crippen molar-refractivity contribution in [2.45, 2.75) is 51.4 Å². The molecule has 36 heavy (non-hydrogen) atoms. The summed E-state index contributed by atoms with van der Waals surface area (Å²) in [4.78, 5) is 18.7. The van der Waals surface area contributed by atoms with Crippen LogP contribution < -0.4 is 4.74 Å². The molecule has 1 atom stereocenters. The fourth-order valence-electron chi connectivity index (χ4n) is 4.89. The standard InChI is InChI=1S/C27H29F3N2O4/c1-16(19-5-7-22-20(11-19)6-8-24(22)32-12-21(13-32)26(33)34)31-36-15-18-4-9-25(35-14-17-2-3-17)23(10-18)27(28,29)30/h4-5,7,9-11,17,21,24H,2-3,6,8,12-15H2,1H3,(H,33,34)/b31-16+. The number of benzene rings is 2. The second kappa shape index (κ2) is 9.76. The van der Waals surface area contributed by atoms with E-state index in [4.69, 9.17) is 14.7 Å². The van der Waals surface area contributed by atoms with E-state index in [-0.39, 0.29) is 24.3 Å². The monoisotopic (exact) mass is 502 g/mol. The van der Waals surface area contributed by atoms with Gasteiger partial charge in [0.2, 0.25) is 0 Å². The number of fused-ring (bicyclic) bond motifs is 1. The van der Waals surface area contributed by atoms with Gasteiger partial charge in [0.05, 0.1) is 23.8 Å². The maximum atomic E-state index is 13.5. The van der Waals surface area contributed by atoms with Crippen LogP contribution in [-0.2, 0) is 28.8 Å². The summed E-state index contributed by atoms with van der Waals surface area (Å²) in [6.45, 7) is 3.19. The van der Waals surface area contributed by atoms with Crippen molar-refractivity contribution in [3.05, 3.63) is 64.2 Å². The van der Waals surface area contributed by atoms with E-state index in [2.05, 4.69) is 22.2 Å². The highest BCUT2D eigenvalue weighted by atomic mass is 19.4. The van der Waals surface area contributed by atoms with Crippen molar-refractivity contribution in [3.63, 3.8) is 0 Å². The fourth-order valence-corrected chi connectivity index (χ4v) is 4.89. The summed E-state index contributed by atoms with van der Waals surface area (Å²) >= 11 is 0. The highest BCUT2D eigenvalue weighted by Gasteiger charge is 2.39. The third-order valence-electron chi connectivity index (χ3n) is 7.26. The van der Waals surface area contributed by atoms with Crippen LogP contribution in [0.1, 0.15) is 60.0 Å². The molecule has 2 aromatic rings. The maximum Gasteiger partial charge on any atom is 0.419 e. The molecule has 1 aliphatic heterocycles. The molecule has 0 bridgehead atoms. The molecule has 0 aromatic heterocycles. The number of carboxylic acids is 1. The summed E-state index contributed by atoms with van der Waals surface area (Å²) in [5.41, 5.74) is 3.53. The van der Waals surface area contributed by atoms with Crippen molar-refractivity contribution in [1.82, 2.24) is 4.90 Å². The van der Waals surface area contributed by atoms with E-state index >= 15 is 0 Å². The van der Waals surface area contributed by atoms with E-state index in [1.165, 1.54) is 17.2 Å². The van der Waals surface area contributed by atoms with Gasteiger partial charge < -0.3 is 14.7 Å². The molecular formula is C27H29F3N2O4. The van der Waals surface area contributed by atoms with Gasteiger partial charge in [0, 0.05) is 19.1 Å². The van der Waals surface area contributed by atoms with Crippen molar-refractivity contribution in [1.29, 1.82) is 0 Å². The number of hydrogen-bond acceptors (Lipinski definition) is 5. The SMILES string of the molecule is C/C(=N\OCc1ccc(OCC2CC2)c(C(F)(F)F)c1)c1ccc2c(c1)CCC2N1CC(C(=O)O)C1. The Kier molecular flexibility index (Phi) is 6.68. The van der Waals surface area contributed by atoms with E-state index in [1.807, 2.05) is 6.07 Å². The van der Waals surface area contributed by atoms with Gasteiger partial charge in [-0.3, -0.25) is 9.69 Å². The predicted molar refractivity (Wildman–Crippen MR) is 127 cm³/mol. The molecule has 192 valence electrons. The van der Waals surface area contributed by atoms with Crippen LogP contribution in [0.25, 0.3) is 0 Å². The molecule has 6 nitrogen and oxygen atoms in total. The van der Waals surface area contributed by atoms with Crippen molar-refractivity contribution in [2.24, 2.45) is 17.0 Å². The Morgan fingerprint density at radius 1 is 1.14 bits per heavy atom. The molecule has 1 heterocycles. The van der Waals surface area contributed by atoms with Crippen molar-refractivity contribution in [3.8, 4) is 5.75 Å². The van der Waals surface area contributed by atoms with Crippen LogP contribution in [0.15, 0.2) is 41.6 Å². The molecule has 0 spiro atoms. The topological polar surface area (TPSA) is 71.4 Å². The van der Waals surface area contributed by atoms with Gasteiger partial charge >= 0.3 is 12.1 Å². The second-order valence-electron chi connectivity index (χ2n) is 9.99. The first-order valence-electron chi connectivity index (χ1n) is 12.3. The van der Waals surface area contributed by atoms with Crippen molar-refractivity contribution in [2.75, 3.05) is 19.7 Å². The summed E-state index contributed by atoms with van der Waals surface area (Å²) in [5, 5.41) is 13.3. The molecule has 2 fully saturated rings. The fraction of sp³-hybridized carbons (Fsp3) is 0.481. The molecule has 2 aliphatic carbocycles. The summed E-state index contributed by atoms with van der Waals surface area (Å²) in [6.07, 6.45) is -0.644. The second-order valence-corrected chi connectivity index (χ2v) is 9.99. The number of hydrogen-bond donors (Lipinski definition) is 1. The first-order chi connectivity index (χ1) is 17.2. The number of rotatable bonds is 9. The van der Waals surface area contributed by atoms with E-state index in [1.54, 1.807) is 13.0 Å². The minimum atomic E-state index is -4.51. The molecule has 3 aliphatic rings. The van der Waals surface area contributed by atoms with Gasteiger partial charge in [0.15, 0.2) is 0 Å². The Balaban J connectivity index is 1.21. The molecule has 0 radical (unpaired) electrons. The molecule has 1 unspecified atom stereocenters. The van der Waals surface area contributed by atoms with Crippen LogP contribution in [0.4, 0.5) is 13.2 Å². The Morgan fingerprint density at radius 2 is 1.92 bits per heavy atom. The summed E-state index contributed by atoms with van der Waals surface area (Å²) in [6, 6.07) is 10.3. The smallest absolute Gasteiger partial charge is 0.419 e. The lowest BCUT2D eigenvalue weighted by Gasteiger charge is -2.41. The summed E-state index contributed by atoms with van der Waals surface area (Å²) in [5.74, 6) is -0.805. The zero-order valence-corrected chi connectivity index (χ0v) is 20.1. The van der Waals surface area contributed by atoms with Crippen LogP contribution in [0.5, 0.6) is 5.75 Å². The normalized spacial score (nSPS) is 20.7. The minimum absolute atomic E-state index is 0.0873. The van der Waals surface area contributed by atoms with Crippen LogP contribution in [0.3, 0.4) is 0 Å². The average molecular weight is 503 g/mol. The predicted octanol–water partition coefficient (Wildman–Crippen LogP) is 5.44. The number of oxime groups is 1. The van der Waals surface area contributed by atoms with Gasteiger partial charge in [-0.1, -0.05) is 23.4 Å². The van der Waals surface area contributed by atoms with Gasteiger partial charge in [-0.25, -0.2) is 0 Å². The molecule has 1 saturated carbocycles. The first kappa shape index (κ1) is 24.6. The number of aryl methyl sites for hydroxylation is 1. The maximum absolute atomic E-state index is 13.5. The minimum Gasteiger partial charge on any atom is -0.493 e. The third-order valence-corrected chi connectivity index (χ3v) is 7.26. The van der Waals surface area contributed by atoms with Gasteiger partial charge in [0.1, 0.15) is 12.4 Å². The largest absolute Gasteiger partial charge is 0.493 e. The van der Waals surface area contributed by atoms with E-state index in [0.29, 0.717) is 36.9 Å². The lowest BCUT2D eigenvalue weighted by atomic mass is 9.95. The Hall–Kier alpha value is -3.07. The van der Waals surface area contributed by atoms with Crippen LogP contribution in [-0.4, -0.2) is 41.4 Å². The molecule has 0 amide bonds. The van der Waals surface area contributed by atoms with Gasteiger partial charge in [-0.2, -0.15) is 13.2 Å². The number of alkyl halides is 3. The first-order valence-corrected chi connectivity index (χ1v) is 12.3. The van der Waals surface area contributed by atoms with Crippen molar-refractivity contribution >= 4 is 11.7 Å². The van der Waals surface area contributed by atoms with E-state index in [0.717, 1.165) is 37.3 Å². The molecule has 5 rings (SSSR count). The van der Waals surface area contributed by atoms with Crippen LogP contribution in [0.2, 0.25) is 0 Å². The number of likely N-dealkylation sites (tertiary alicyclic amines) is 1. The van der Waals surface area contributed by atoms with E-state index < -0.39 is 17.7 Å². The van der Waals surface area contributed by atoms with Crippen LogP contribution in [0, 0.1) is 11.8 Å². The molecular weight excluding hydrogens is 473 g/mol. The summed E-state index contributed by atoms with van der Waals surface area (Å²) < 4.78 is 46.0. The average Bonchev–Trinajstić information content (AvgIpc) is 3.54. The van der Waals surface area contributed by atoms with Gasteiger partial charge in [0.25, 0.3) is 0 Å². The van der Waals surface area contributed by atoms with Gasteiger partial charge in [-0.05, 0) is 79.0 Å². The summed E-state index contributed by atoms with van der Waals surface area (Å²) in [7, 11) is 0. The Bertz CT molecular complexity index is 1170. The number of ether oxygens (including phenoxy) is 1. The molecule has 1 N–H and O–H groups in total. The lowest BCUT2D eigenvalue weighted by molar-refractivity contribution is -0.148. The Morgan fingerprint density at radius 3 is 2.61 bits per heavy atom. The molecule has 2 aromatic carbocycles. The number of halogens is 3.